The molecular weight excluding hydrogens is 318 g/mol. The molecule has 1 fully saturated rings. The summed E-state index contributed by atoms with van der Waals surface area (Å²) < 4.78 is 26.0. The summed E-state index contributed by atoms with van der Waals surface area (Å²) in [4.78, 5) is 11.3. The van der Waals surface area contributed by atoms with E-state index in [2.05, 4.69) is 15.9 Å². The van der Waals surface area contributed by atoms with Crippen LogP contribution in [0.15, 0.2) is 29.2 Å². The molecule has 2 rings (SSSR count). The van der Waals surface area contributed by atoms with Gasteiger partial charge in [0.25, 0.3) is 0 Å². The van der Waals surface area contributed by atoms with Crippen molar-refractivity contribution in [3.63, 3.8) is 0 Å². The average Bonchev–Trinajstić information content (AvgIpc) is 2.33. The van der Waals surface area contributed by atoms with Crippen molar-refractivity contribution in [2.24, 2.45) is 0 Å². The highest BCUT2D eigenvalue weighted by molar-refractivity contribution is 9.10. The topological polar surface area (TPSA) is 54.5 Å². The van der Waals surface area contributed by atoms with E-state index in [0.29, 0.717) is 0 Å². The van der Waals surface area contributed by atoms with Gasteiger partial charge in [0.1, 0.15) is 5.78 Å². The van der Waals surface area contributed by atoms with Crippen LogP contribution < -0.4 is 0 Å². The molecule has 1 aliphatic rings. The van der Waals surface area contributed by atoms with Crippen LogP contribution in [0.4, 0.5) is 0 Å². The first-order valence-corrected chi connectivity index (χ1v) is 8.00. The number of carbonyl (C=O) groups excluding carboxylic acids is 1. The lowest BCUT2D eigenvalue weighted by Crippen LogP contribution is -2.44. The molecule has 0 aromatic heterocycles. The summed E-state index contributed by atoms with van der Waals surface area (Å²) >= 11 is 3.22. The van der Waals surface area contributed by atoms with Crippen molar-refractivity contribution < 1.29 is 13.2 Å². The van der Waals surface area contributed by atoms with E-state index in [1.807, 2.05) is 6.92 Å². The molecule has 0 bridgehead atoms. The van der Waals surface area contributed by atoms with Crippen LogP contribution in [0.3, 0.4) is 0 Å². The Balaban J connectivity index is 2.26. The van der Waals surface area contributed by atoms with Crippen molar-refractivity contribution in [3.05, 3.63) is 29.8 Å². The first kappa shape index (κ1) is 13.7. The third-order valence-corrected chi connectivity index (χ3v) is 5.66. The molecule has 0 amide bonds. The third-order valence-electron chi connectivity index (χ3n) is 2.98. The Labute approximate surface area is 115 Å². The summed E-state index contributed by atoms with van der Waals surface area (Å²) in [6, 6.07) is 6.75. The number of Topliss-reactive ketones (excluding diaryl/α,β-unsaturated/α-hetero) is 1. The van der Waals surface area contributed by atoms with Gasteiger partial charge in [-0.05, 0) is 19.1 Å². The second-order valence-electron chi connectivity index (χ2n) is 4.36. The second-order valence-corrected chi connectivity index (χ2v) is 7.40. The Hall–Kier alpha value is -0.720. The molecule has 1 aromatic carbocycles. The number of sulfonamides is 1. The summed E-state index contributed by atoms with van der Waals surface area (Å²) in [5, 5.41) is 0. The minimum absolute atomic E-state index is 0.0605. The van der Waals surface area contributed by atoms with E-state index in [-0.39, 0.29) is 30.2 Å². The molecule has 0 aliphatic carbocycles. The number of halogens is 1. The van der Waals surface area contributed by atoms with E-state index in [4.69, 9.17) is 0 Å². The number of carbonyl (C=O) groups is 1. The zero-order valence-corrected chi connectivity index (χ0v) is 12.4. The van der Waals surface area contributed by atoms with E-state index >= 15 is 0 Å². The SMILES string of the molecule is Cc1ccc(S(=O)(=O)N2CCC(=O)C(Br)C2)cc1. The molecule has 0 spiro atoms. The third kappa shape index (κ3) is 2.65. The Kier molecular flexibility index (Phi) is 3.89. The van der Waals surface area contributed by atoms with Gasteiger partial charge in [-0.25, -0.2) is 8.42 Å². The Bertz CT molecular complexity index is 553. The summed E-state index contributed by atoms with van der Waals surface area (Å²) in [5.74, 6) is 0.0605. The minimum atomic E-state index is -3.48. The van der Waals surface area contributed by atoms with Crippen LogP contribution in [0.2, 0.25) is 0 Å². The normalized spacial score (nSPS) is 22.1. The molecule has 18 heavy (non-hydrogen) atoms. The maximum atomic E-state index is 12.3. The lowest BCUT2D eigenvalue weighted by molar-refractivity contribution is -0.119. The van der Waals surface area contributed by atoms with Crippen molar-refractivity contribution >= 4 is 31.7 Å². The number of piperidine rings is 1. The molecule has 0 radical (unpaired) electrons. The van der Waals surface area contributed by atoms with Gasteiger partial charge in [0, 0.05) is 19.5 Å². The number of benzene rings is 1. The average molecular weight is 332 g/mol. The van der Waals surface area contributed by atoms with E-state index in [9.17, 15) is 13.2 Å². The first-order chi connectivity index (χ1) is 8.41. The molecular formula is C12H14BrNO3S. The number of rotatable bonds is 2. The van der Waals surface area contributed by atoms with Crippen LogP contribution in [0.1, 0.15) is 12.0 Å². The maximum absolute atomic E-state index is 12.3. The molecule has 0 saturated carbocycles. The number of hydrogen-bond acceptors (Lipinski definition) is 3. The highest BCUT2D eigenvalue weighted by atomic mass is 79.9. The molecule has 1 heterocycles. The lowest BCUT2D eigenvalue weighted by atomic mass is 10.1. The Morgan fingerprint density at radius 1 is 1.28 bits per heavy atom. The fraction of sp³-hybridized carbons (Fsp3) is 0.417. The molecule has 0 N–H and O–H groups in total. The summed E-state index contributed by atoms with van der Waals surface area (Å²) in [6.45, 7) is 2.37. The van der Waals surface area contributed by atoms with E-state index < -0.39 is 14.9 Å². The van der Waals surface area contributed by atoms with Crippen LogP contribution in [0.25, 0.3) is 0 Å². The molecule has 1 unspecified atom stereocenters. The molecule has 98 valence electrons. The highest BCUT2D eigenvalue weighted by Crippen LogP contribution is 2.22. The number of ketones is 1. The van der Waals surface area contributed by atoms with Crippen LogP contribution in [-0.2, 0) is 14.8 Å². The predicted octanol–water partition coefficient (Wildman–Crippen LogP) is 1.72. The van der Waals surface area contributed by atoms with Crippen molar-refractivity contribution in [2.45, 2.75) is 23.1 Å². The van der Waals surface area contributed by atoms with Crippen LogP contribution in [-0.4, -0.2) is 36.4 Å². The molecule has 1 aliphatic heterocycles. The van der Waals surface area contributed by atoms with Crippen molar-refractivity contribution in [1.82, 2.24) is 4.31 Å². The van der Waals surface area contributed by atoms with Gasteiger partial charge in [0.05, 0.1) is 9.72 Å². The number of alkyl halides is 1. The highest BCUT2D eigenvalue weighted by Gasteiger charge is 2.33. The van der Waals surface area contributed by atoms with Gasteiger partial charge in [-0.2, -0.15) is 4.31 Å². The molecule has 1 aromatic rings. The van der Waals surface area contributed by atoms with E-state index in [1.54, 1.807) is 24.3 Å². The number of aryl methyl sites for hydroxylation is 1. The molecule has 4 nitrogen and oxygen atoms in total. The largest absolute Gasteiger partial charge is 0.298 e. The van der Waals surface area contributed by atoms with Crippen LogP contribution >= 0.6 is 15.9 Å². The first-order valence-electron chi connectivity index (χ1n) is 5.65. The van der Waals surface area contributed by atoms with Gasteiger partial charge in [0.15, 0.2) is 0 Å². The predicted molar refractivity (Wildman–Crippen MR) is 72.3 cm³/mol. The van der Waals surface area contributed by atoms with E-state index in [1.165, 1.54) is 4.31 Å². The van der Waals surface area contributed by atoms with E-state index in [0.717, 1.165) is 5.56 Å². The quantitative estimate of drug-likeness (QED) is 0.775. The lowest BCUT2D eigenvalue weighted by Gasteiger charge is -2.28. The molecule has 6 heteroatoms. The fourth-order valence-corrected chi connectivity index (χ4v) is 4.07. The van der Waals surface area contributed by atoms with Gasteiger partial charge in [-0.15, -0.1) is 0 Å². The fourth-order valence-electron chi connectivity index (χ4n) is 1.84. The van der Waals surface area contributed by atoms with Crippen LogP contribution in [0, 0.1) is 6.92 Å². The van der Waals surface area contributed by atoms with Gasteiger partial charge in [-0.1, -0.05) is 33.6 Å². The number of hydrogen-bond donors (Lipinski definition) is 0. The zero-order valence-electron chi connectivity index (χ0n) is 9.97. The van der Waals surface area contributed by atoms with Gasteiger partial charge in [0.2, 0.25) is 10.0 Å². The maximum Gasteiger partial charge on any atom is 0.243 e. The van der Waals surface area contributed by atoms with Gasteiger partial charge >= 0.3 is 0 Å². The monoisotopic (exact) mass is 331 g/mol. The summed E-state index contributed by atoms with van der Waals surface area (Å²) in [7, 11) is -3.48. The Morgan fingerprint density at radius 3 is 2.44 bits per heavy atom. The second kappa shape index (κ2) is 5.11. The van der Waals surface area contributed by atoms with Crippen molar-refractivity contribution in [2.75, 3.05) is 13.1 Å². The van der Waals surface area contributed by atoms with Crippen molar-refractivity contribution in [1.29, 1.82) is 0 Å². The van der Waals surface area contributed by atoms with Crippen molar-refractivity contribution in [3.8, 4) is 0 Å². The molecule has 1 atom stereocenters. The van der Waals surface area contributed by atoms with Crippen LogP contribution in [0.5, 0.6) is 0 Å². The summed E-state index contributed by atoms with van der Waals surface area (Å²) in [5.41, 5.74) is 1.01. The molecule has 1 saturated heterocycles. The Morgan fingerprint density at radius 2 is 1.89 bits per heavy atom. The minimum Gasteiger partial charge on any atom is -0.298 e. The number of nitrogens with zero attached hydrogens (tertiary/aromatic N) is 1. The standard InChI is InChI=1S/C12H14BrNO3S/c1-9-2-4-10(5-3-9)18(16,17)14-7-6-12(15)11(13)8-14/h2-5,11H,6-8H2,1H3. The van der Waals surface area contributed by atoms with Gasteiger partial charge < -0.3 is 0 Å². The van der Waals surface area contributed by atoms with Gasteiger partial charge in [-0.3, -0.25) is 4.79 Å². The zero-order chi connectivity index (χ0) is 13.3. The summed E-state index contributed by atoms with van der Waals surface area (Å²) in [6.07, 6.45) is 0.265. The smallest absolute Gasteiger partial charge is 0.243 e.